The number of aryl methyl sites for hydroxylation is 2. The molecule has 1 aromatic rings. The molecule has 108 valence electrons. The zero-order valence-electron chi connectivity index (χ0n) is 13.1. The van der Waals surface area contributed by atoms with E-state index in [1.807, 2.05) is 11.3 Å². The molecule has 0 spiro atoms. The van der Waals surface area contributed by atoms with Crippen LogP contribution >= 0.6 is 11.3 Å². The summed E-state index contributed by atoms with van der Waals surface area (Å²) in [6.07, 6.45) is 4.17. The van der Waals surface area contributed by atoms with Gasteiger partial charge in [-0.05, 0) is 56.1 Å². The number of hydrogen-bond donors (Lipinski definition) is 1. The lowest BCUT2D eigenvalue weighted by Gasteiger charge is -2.38. The number of rotatable bonds is 4. The molecule has 0 saturated heterocycles. The van der Waals surface area contributed by atoms with Crippen LogP contribution in [0, 0.1) is 31.6 Å². The van der Waals surface area contributed by atoms with Crippen LogP contribution in [0.4, 0.5) is 0 Å². The monoisotopic (exact) mass is 279 g/mol. The van der Waals surface area contributed by atoms with Gasteiger partial charge in [0.15, 0.2) is 0 Å². The summed E-state index contributed by atoms with van der Waals surface area (Å²) in [7, 11) is 0. The summed E-state index contributed by atoms with van der Waals surface area (Å²) in [4.78, 5) is 2.96. The van der Waals surface area contributed by atoms with E-state index in [-0.39, 0.29) is 0 Å². The second-order valence-corrected chi connectivity index (χ2v) is 8.11. The van der Waals surface area contributed by atoms with Gasteiger partial charge < -0.3 is 5.32 Å². The molecule has 0 bridgehead atoms. The van der Waals surface area contributed by atoms with Crippen LogP contribution < -0.4 is 5.32 Å². The third-order valence-corrected chi connectivity index (χ3v) is 5.93. The minimum absolute atomic E-state index is 0.714. The van der Waals surface area contributed by atoms with Crippen molar-refractivity contribution in [1.29, 1.82) is 0 Å². The summed E-state index contributed by atoms with van der Waals surface area (Å²) >= 11 is 1.95. The maximum Gasteiger partial charge on any atom is 0.0302 e. The van der Waals surface area contributed by atoms with Gasteiger partial charge in [-0.3, -0.25) is 0 Å². The molecular formula is C17H29NS. The van der Waals surface area contributed by atoms with E-state index in [2.05, 4.69) is 46.0 Å². The quantitative estimate of drug-likeness (QED) is 0.825. The summed E-state index contributed by atoms with van der Waals surface area (Å²) in [5.74, 6) is 2.55. The minimum atomic E-state index is 0.714. The largest absolute Gasteiger partial charge is 0.309 e. The first-order valence-electron chi connectivity index (χ1n) is 7.76. The summed E-state index contributed by atoms with van der Waals surface area (Å²) in [6.45, 7) is 12.7. The van der Waals surface area contributed by atoms with Gasteiger partial charge in [0.1, 0.15) is 0 Å². The van der Waals surface area contributed by atoms with Crippen molar-refractivity contribution in [3.8, 4) is 0 Å². The fraction of sp³-hybridized carbons (Fsp3) is 0.765. The Morgan fingerprint density at radius 1 is 1.32 bits per heavy atom. The fourth-order valence-corrected chi connectivity index (χ4v) is 4.41. The molecule has 1 aromatic heterocycles. The molecule has 0 amide bonds. The van der Waals surface area contributed by atoms with Gasteiger partial charge in [0.2, 0.25) is 0 Å². The second kappa shape index (κ2) is 6.41. The van der Waals surface area contributed by atoms with Crippen LogP contribution in [0.2, 0.25) is 0 Å². The van der Waals surface area contributed by atoms with Crippen molar-refractivity contribution in [2.45, 2.75) is 66.5 Å². The van der Waals surface area contributed by atoms with Crippen molar-refractivity contribution >= 4 is 11.3 Å². The zero-order chi connectivity index (χ0) is 14.0. The van der Waals surface area contributed by atoms with Gasteiger partial charge in [-0.1, -0.05) is 27.2 Å². The Kier molecular flexibility index (Phi) is 5.08. The van der Waals surface area contributed by atoms with Crippen LogP contribution in [0.1, 0.15) is 55.4 Å². The van der Waals surface area contributed by atoms with Crippen LogP contribution in [0.3, 0.4) is 0 Å². The van der Waals surface area contributed by atoms with Crippen LogP contribution in [0.15, 0.2) is 6.07 Å². The van der Waals surface area contributed by atoms with Gasteiger partial charge in [0.25, 0.3) is 0 Å². The first-order chi connectivity index (χ1) is 8.97. The molecule has 1 fully saturated rings. The molecule has 0 aromatic carbocycles. The highest BCUT2D eigenvalue weighted by atomic mass is 32.1. The molecule has 0 aliphatic heterocycles. The van der Waals surface area contributed by atoms with Crippen LogP contribution in [0.25, 0.3) is 0 Å². The van der Waals surface area contributed by atoms with E-state index in [0.717, 1.165) is 24.3 Å². The molecule has 2 heteroatoms. The molecule has 3 atom stereocenters. The second-order valence-electron chi connectivity index (χ2n) is 6.77. The minimum Gasteiger partial charge on any atom is -0.309 e. The van der Waals surface area contributed by atoms with Crippen LogP contribution in [-0.2, 0) is 6.54 Å². The SMILES string of the molecule is Cc1cc(CNC2CC(C)CCC2C(C)C)sc1C. The van der Waals surface area contributed by atoms with E-state index in [1.165, 1.54) is 34.6 Å². The molecule has 1 nitrogen and oxygen atoms in total. The smallest absolute Gasteiger partial charge is 0.0302 e. The summed E-state index contributed by atoms with van der Waals surface area (Å²) in [5, 5.41) is 3.85. The number of hydrogen-bond acceptors (Lipinski definition) is 2. The molecule has 1 aliphatic rings. The molecule has 0 radical (unpaired) electrons. The molecule has 1 saturated carbocycles. The first-order valence-corrected chi connectivity index (χ1v) is 8.58. The molecular weight excluding hydrogens is 250 g/mol. The number of thiophene rings is 1. The van der Waals surface area contributed by atoms with E-state index in [9.17, 15) is 0 Å². The Hall–Kier alpha value is -0.340. The van der Waals surface area contributed by atoms with Gasteiger partial charge in [-0.2, -0.15) is 0 Å². The van der Waals surface area contributed by atoms with Crippen molar-refractivity contribution < 1.29 is 0 Å². The summed E-state index contributed by atoms with van der Waals surface area (Å²) in [5.41, 5.74) is 1.44. The third-order valence-electron chi connectivity index (χ3n) is 4.78. The molecule has 1 heterocycles. The van der Waals surface area contributed by atoms with Gasteiger partial charge in [-0.15, -0.1) is 11.3 Å². The standard InChI is InChI=1S/C17H29NS/c1-11(2)16-7-6-12(3)8-17(16)18-10-15-9-13(4)14(5)19-15/h9,11-12,16-18H,6-8,10H2,1-5H3. The summed E-state index contributed by atoms with van der Waals surface area (Å²) < 4.78 is 0. The Bertz CT molecular complexity index is 388. The zero-order valence-corrected chi connectivity index (χ0v) is 13.9. The maximum absolute atomic E-state index is 3.85. The van der Waals surface area contributed by atoms with Crippen LogP contribution in [-0.4, -0.2) is 6.04 Å². The van der Waals surface area contributed by atoms with Crippen molar-refractivity contribution in [2.75, 3.05) is 0 Å². The van der Waals surface area contributed by atoms with Crippen LogP contribution in [0.5, 0.6) is 0 Å². The lowest BCUT2D eigenvalue weighted by molar-refractivity contribution is 0.169. The summed E-state index contributed by atoms with van der Waals surface area (Å²) in [6, 6.07) is 3.07. The van der Waals surface area contributed by atoms with Gasteiger partial charge >= 0.3 is 0 Å². The van der Waals surface area contributed by atoms with E-state index in [0.29, 0.717) is 6.04 Å². The molecule has 1 N–H and O–H groups in total. The Morgan fingerprint density at radius 3 is 2.63 bits per heavy atom. The lowest BCUT2D eigenvalue weighted by atomic mass is 9.74. The molecule has 2 rings (SSSR count). The molecule has 19 heavy (non-hydrogen) atoms. The van der Waals surface area contributed by atoms with Crippen molar-refractivity contribution in [3.05, 3.63) is 21.4 Å². The predicted octanol–water partition coefficient (Wildman–Crippen LogP) is 4.92. The van der Waals surface area contributed by atoms with E-state index in [1.54, 1.807) is 0 Å². The lowest BCUT2D eigenvalue weighted by Crippen LogP contribution is -2.42. The molecule has 1 aliphatic carbocycles. The molecule has 3 unspecified atom stereocenters. The van der Waals surface area contributed by atoms with Gasteiger partial charge in [-0.25, -0.2) is 0 Å². The van der Waals surface area contributed by atoms with Gasteiger partial charge in [0, 0.05) is 22.3 Å². The average molecular weight is 279 g/mol. The van der Waals surface area contributed by atoms with Gasteiger partial charge in [0.05, 0.1) is 0 Å². The predicted molar refractivity (Wildman–Crippen MR) is 85.8 cm³/mol. The average Bonchev–Trinajstić information content (AvgIpc) is 2.66. The van der Waals surface area contributed by atoms with Crippen molar-refractivity contribution in [2.24, 2.45) is 17.8 Å². The van der Waals surface area contributed by atoms with E-state index in [4.69, 9.17) is 0 Å². The van der Waals surface area contributed by atoms with E-state index >= 15 is 0 Å². The number of nitrogens with one attached hydrogen (secondary N) is 1. The topological polar surface area (TPSA) is 12.0 Å². The highest BCUT2D eigenvalue weighted by Gasteiger charge is 2.30. The normalized spacial score (nSPS) is 28.0. The Balaban J connectivity index is 1.95. The van der Waals surface area contributed by atoms with Crippen molar-refractivity contribution in [3.63, 3.8) is 0 Å². The Labute approximate surface area is 122 Å². The van der Waals surface area contributed by atoms with Crippen molar-refractivity contribution in [1.82, 2.24) is 5.32 Å². The highest BCUT2D eigenvalue weighted by molar-refractivity contribution is 7.12. The third kappa shape index (κ3) is 3.82. The first kappa shape index (κ1) is 15.1. The highest BCUT2D eigenvalue weighted by Crippen LogP contribution is 2.33. The Morgan fingerprint density at radius 2 is 2.05 bits per heavy atom. The fourth-order valence-electron chi connectivity index (χ4n) is 3.41. The van der Waals surface area contributed by atoms with E-state index < -0.39 is 0 Å². The maximum atomic E-state index is 3.85.